The summed E-state index contributed by atoms with van der Waals surface area (Å²) < 4.78 is 50.1. The predicted octanol–water partition coefficient (Wildman–Crippen LogP) is 3.75. The predicted molar refractivity (Wildman–Crippen MR) is 146 cm³/mol. The van der Waals surface area contributed by atoms with Gasteiger partial charge >= 0.3 is 0 Å². The number of carbonyl (C=O) groups is 1. The number of nitrogens with zero attached hydrogens (tertiary/aromatic N) is 4. The highest BCUT2D eigenvalue weighted by Gasteiger charge is 2.15. The van der Waals surface area contributed by atoms with Gasteiger partial charge in [0.25, 0.3) is 6.43 Å². The molecule has 0 aliphatic rings. The van der Waals surface area contributed by atoms with E-state index in [1.807, 2.05) is 0 Å². The quantitative estimate of drug-likeness (QED) is 0.157. The number of aliphatic hydroxyl groups is 1. The number of anilines is 3. The Labute approximate surface area is 233 Å². The number of carbonyl (C=O) groups excluding carboxylic acids is 1. The van der Waals surface area contributed by atoms with Crippen molar-refractivity contribution in [2.45, 2.75) is 19.3 Å². The molecule has 0 saturated heterocycles. The molecule has 4 aromatic rings. The van der Waals surface area contributed by atoms with Crippen LogP contribution in [-0.4, -0.2) is 82.5 Å². The summed E-state index contributed by atoms with van der Waals surface area (Å²) in [5.74, 6) is 0.912. The molecule has 0 spiro atoms. The van der Waals surface area contributed by atoms with E-state index in [2.05, 4.69) is 30.8 Å². The fourth-order valence-corrected chi connectivity index (χ4v) is 4.12. The second kappa shape index (κ2) is 14.3. The molecule has 41 heavy (non-hydrogen) atoms. The van der Waals surface area contributed by atoms with E-state index in [0.29, 0.717) is 58.4 Å². The largest absolute Gasteiger partial charge is 0.493 e. The highest BCUT2D eigenvalue weighted by Crippen LogP contribution is 2.34. The van der Waals surface area contributed by atoms with E-state index >= 15 is 0 Å². The van der Waals surface area contributed by atoms with Gasteiger partial charge in [0, 0.05) is 42.0 Å². The first-order chi connectivity index (χ1) is 19.8. The number of amides is 1. The van der Waals surface area contributed by atoms with Crippen LogP contribution >= 0.6 is 0 Å². The molecule has 0 saturated carbocycles. The first-order valence-corrected chi connectivity index (χ1v) is 12.8. The molecule has 0 bridgehead atoms. The first-order valence-electron chi connectivity index (χ1n) is 12.8. The molecule has 0 atom stereocenters. The molecule has 0 radical (unpaired) electrons. The summed E-state index contributed by atoms with van der Waals surface area (Å²) in [6.45, 7) is 0.136. The summed E-state index contributed by atoms with van der Waals surface area (Å²) in [5.41, 5.74) is 1.44. The van der Waals surface area contributed by atoms with Crippen molar-refractivity contribution in [1.82, 2.24) is 25.1 Å². The van der Waals surface area contributed by atoms with Gasteiger partial charge in [0.05, 0.1) is 38.8 Å². The second-order valence-corrected chi connectivity index (χ2v) is 9.00. The van der Waals surface area contributed by atoms with E-state index in [1.165, 1.54) is 36.5 Å². The lowest BCUT2D eigenvalue weighted by Crippen LogP contribution is -2.33. The molecule has 4 rings (SSSR count). The third-order valence-electron chi connectivity index (χ3n) is 5.95. The average Bonchev–Trinajstić information content (AvgIpc) is 3.36. The van der Waals surface area contributed by atoms with Crippen LogP contribution < -0.4 is 20.1 Å². The van der Waals surface area contributed by atoms with E-state index in [-0.39, 0.29) is 32.1 Å². The summed E-state index contributed by atoms with van der Waals surface area (Å²) in [7, 11) is 1.49. The number of aliphatic hydroxyl groups excluding tert-OH is 1. The normalized spacial score (nSPS) is 11.3. The number of hydrogen-bond acceptors (Lipinski definition) is 9. The number of fused-ring (bicyclic) bond motifs is 1. The number of methoxy groups -OCH3 is 1. The standard InChI is InChI=1S/C27H30F3N7O4/c1-40-22-13-20-21(14-23(22)41-9-3-6-37(7-8-38)15-24(29)30)31-16-32-27(20)34-25-11-19(35-36-25)12-26(39)33-18-5-2-4-17(28)10-18/h2,4-5,10-11,13-14,16,24,38H,3,6-9,12,15H2,1H3,(H,33,39)(H2,31,32,34,35,36). The van der Waals surface area contributed by atoms with Crippen molar-refractivity contribution in [2.75, 3.05) is 50.6 Å². The van der Waals surface area contributed by atoms with Crippen LogP contribution in [0.5, 0.6) is 11.5 Å². The smallest absolute Gasteiger partial charge is 0.251 e. The lowest BCUT2D eigenvalue weighted by molar-refractivity contribution is -0.115. The zero-order valence-corrected chi connectivity index (χ0v) is 22.2. The maximum Gasteiger partial charge on any atom is 0.251 e. The Morgan fingerprint density at radius 1 is 1.15 bits per heavy atom. The van der Waals surface area contributed by atoms with Gasteiger partial charge in [-0.2, -0.15) is 5.10 Å². The fraction of sp³-hybridized carbons (Fsp3) is 0.333. The number of H-pyrrole nitrogens is 1. The van der Waals surface area contributed by atoms with Crippen molar-refractivity contribution in [3.63, 3.8) is 0 Å². The molecule has 0 fully saturated rings. The van der Waals surface area contributed by atoms with E-state index in [9.17, 15) is 18.0 Å². The van der Waals surface area contributed by atoms with Gasteiger partial charge in [0.15, 0.2) is 17.3 Å². The van der Waals surface area contributed by atoms with Gasteiger partial charge < -0.3 is 25.2 Å². The van der Waals surface area contributed by atoms with Gasteiger partial charge in [-0.05, 0) is 30.7 Å². The van der Waals surface area contributed by atoms with Crippen molar-refractivity contribution < 1.29 is 32.5 Å². The Kier molecular flexibility index (Phi) is 10.3. The molecule has 0 aliphatic heterocycles. The van der Waals surface area contributed by atoms with Crippen molar-refractivity contribution >= 4 is 34.1 Å². The molecule has 2 heterocycles. The number of nitrogens with one attached hydrogen (secondary N) is 3. The minimum atomic E-state index is -2.48. The van der Waals surface area contributed by atoms with Crippen molar-refractivity contribution in [2.24, 2.45) is 0 Å². The number of ether oxygens (including phenoxy) is 2. The Morgan fingerprint density at radius 2 is 2.00 bits per heavy atom. The minimum Gasteiger partial charge on any atom is -0.493 e. The Hall–Kier alpha value is -4.43. The first kappa shape index (κ1) is 29.6. The van der Waals surface area contributed by atoms with E-state index in [1.54, 1.807) is 24.3 Å². The summed E-state index contributed by atoms with van der Waals surface area (Å²) >= 11 is 0. The lowest BCUT2D eigenvalue weighted by atomic mass is 10.2. The number of aromatic nitrogens is 4. The van der Waals surface area contributed by atoms with E-state index in [0.717, 1.165) is 0 Å². The maximum absolute atomic E-state index is 13.4. The lowest BCUT2D eigenvalue weighted by Gasteiger charge is -2.20. The number of benzene rings is 2. The third-order valence-corrected chi connectivity index (χ3v) is 5.95. The number of alkyl halides is 2. The molecule has 11 nitrogen and oxygen atoms in total. The van der Waals surface area contributed by atoms with Crippen LogP contribution in [0.25, 0.3) is 10.9 Å². The molecule has 2 aromatic carbocycles. The summed E-state index contributed by atoms with van der Waals surface area (Å²) in [4.78, 5) is 22.4. The Morgan fingerprint density at radius 3 is 2.76 bits per heavy atom. The topological polar surface area (TPSA) is 138 Å². The minimum absolute atomic E-state index is 0.00979. The summed E-state index contributed by atoms with van der Waals surface area (Å²) in [5, 5.41) is 22.4. The molecule has 1 amide bonds. The number of rotatable bonds is 15. The SMILES string of the molecule is COc1cc2c(Nc3cc(CC(=O)Nc4cccc(F)c4)[nH]n3)ncnc2cc1OCCCN(CCO)CC(F)F. The van der Waals surface area contributed by atoms with Crippen molar-refractivity contribution in [3.8, 4) is 11.5 Å². The van der Waals surface area contributed by atoms with Gasteiger partial charge in [-0.25, -0.2) is 23.1 Å². The van der Waals surface area contributed by atoms with Crippen LogP contribution in [0.15, 0.2) is 48.8 Å². The van der Waals surface area contributed by atoms with Gasteiger partial charge in [0.2, 0.25) is 5.91 Å². The molecule has 14 heteroatoms. The summed E-state index contributed by atoms with van der Waals surface area (Å²) in [6, 6.07) is 10.7. The Bertz CT molecular complexity index is 1450. The fourth-order valence-electron chi connectivity index (χ4n) is 4.12. The van der Waals surface area contributed by atoms with E-state index in [4.69, 9.17) is 14.6 Å². The third kappa shape index (κ3) is 8.53. The number of hydrogen-bond donors (Lipinski definition) is 4. The summed E-state index contributed by atoms with van der Waals surface area (Å²) in [6.07, 6.45) is -0.654. The molecular weight excluding hydrogens is 543 g/mol. The number of aromatic amines is 1. The van der Waals surface area contributed by atoms with Gasteiger partial charge in [-0.15, -0.1) is 0 Å². The average molecular weight is 574 g/mol. The van der Waals surface area contributed by atoms with Crippen LogP contribution in [0.3, 0.4) is 0 Å². The van der Waals surface area contributed by atoms with Gasteiger partial charge in [-0.1, -0.05) is 6.07 Å². The molecule has 2 aromatic heterocycles. The highest BCUT2D eigenvalue weighted by molar-refractivity contribution is 5.93. The van der Waals surface area contributed by atoms with E-state index < -0.39 is 18.8 Å². The molecule has 4 N–H and O–H groups in total. The Balaban J connectivity index is 1.39. The van der Waals surface area contributed by atoms with Crippen LogP contribution in [0, 0.1) is 5.82 Å². The molecular formula is C27H30F3N7O4. The van der Waals surface area contributed by atoms with Crippen molar-refractivity contribution in [1.29, 1.82) is 0 Å². The van der Waals surface area contributed by atoms with Crippen LogP contribution in [0.4, 0.5) is 30.5 Å². The number of halogens is 3. The van der Waals surface area contributed by atoms with Gasteiger partial charge in [-0.3, -0.25) is 14.8 Å². The maximum atomic E-state index is 13.4. The highest BCUT2D eigenvalue weighted by atomic mass is 19.3. The monoisotopic (exact) mass is 573 g/mol. The van der Waals surface area contributed by atoms with Crippen LogP contribution in [0.2, 0.25) is 0 Å². The zero-order chi connectivity index (χ0) is 29.2. The zero-order valence-electron chi connectivity index (χ0n) is 22.2. The van der Waals surface area contributed by atoms with Crippen LogP contribution in [-0.2, 0) is 11.2 Å². The molecule has 0 unspecified atom stereocenters. The molecule has 0 aliphatic carbocycles. The van der Waals surface area contributed by atoms with Gasteiger partial charge in [0.1, 0.15) is 18.0 Å². The van der Waals surface area contributed by atoms with Crippen LogP contribution in [0.1, 0.15) is 12.1 Å². The second-order valence-electron chi connectivity index (χ2n) is 9.00. The molecule has 218 valence electrons. The van der Waals surface area contributed by atoms with Crippen molar-refractivity contribution in [3.05, 3.63) is 60.3 Å².